The Morgan fingerprint density at radius 3 is 2.36 bits per heavy atom. The smallest absolute Gasteiger partial charge is 0.288 e. The van der Waals surface area contributed by atoms with Crippen molar-refractivity contribution >= 4 is 11.3 Å². The fraction of sp³-hybridized carbons (Fsp3) is 0.600. The minimum atomic E-state index is -2.85. The lowest BCUT2D eigenvalue weighted by molar-refractivity contribution is -0.106. The molecule has 14 heavy (non-hydrogen) atoms. The molecule has 0 aliphatic heterocycles. The summed E-state index contributed by atoms with van der Waals surface area (Å²) in [7, 11) is 0. The van der Waals surface area contributed by atoms with Crippen LogP contribution in [0.3, 0.4) is 0 Å². The number of alkyl halides is 2. The number of halogens is 2. The summed E-state index contributed by atoms with van der Waals surface area (Å²) in [6, 6.07) is 1.71. The third-order valence-electron chi connectivity index (χ3n) is 2.51. The Morgan fingerprint density at radius 2 is 2.00 bits per heavy atom. The fourth-order valence-corrected chi connectivity index (χ4v) is 2.22. The zero-order chi connectivity index (χ0) is 11.0. The Balaban J connectivity index is 3.14. The van der Waals surface area contributed by atoms with Crippen LogP contribution in [-0.4, -0.2) is 6.54 Å². The molecule has 0 radical (unpaired) electrons. The first-order valence-corrected chi connectivity index (χ1v) is 5.33. The monoisotopic (exact) mass is 219 g/mol. The van der Waals surface area contributed by atoms with E-state index in [2.05, 4.69) is 0 Å². The second-order valence-electron chi connectivity index (χ2n) is 4.10. The first-order chi connectivity index (χ1) is 6.33. The molecular formula is C10H15F2NS. The molecule has 0 saturated heterocycles. The molecule has 0 spiro atoms. The maximum atomic E-state index is 14.0. The zero-order valence-electron chi connectivity index (χ0n) is 8.60. The summed E-state index contributed by atoms with van der Waals surface area (Å²) in [5, 5.41) is 1.69. The Bertz CT molecular complexity index is 318. The van der Waals surface area contributed by atoms with Crippen LogP contribution in [0, 0.1) is 12.3 Å². The summed E-state index contributed by atoms with van der Waals surface area (Å²) in [4.78, 5) is 0.132. The maximum absolute atomic E-state index is 14.0. The lowest BCUT2D eigenvalue weighted by Gasteiger charge is -2.32. The molecule has 0 fully saturated rings. The number of hydrogen-bond acceptors (Lipinski definition) is 2. The molecule has 80 valence electrons. The van der Waals surface area contributed by atoms with Gasteiger partial charge in [0.25, 0.3) is 5.92 Å². The SMILES string of the molecule is Cc1ccsc1C(F)(F)C(C)(C)CN. The van der Waals surface area contributed by atoms with Crippen molar-refractivity contribution in [1.82, 2.24) is 0 Å². The van der Waals surface area contributed by atoms with Crippen LogP contribution < -0.4 is 5.73 Å². The molecule has 0 unspecified atom stereocenters. The molecule has 0 saturated carbocycles. The molecule has 2 N–H and O–H groups in total. The van der Waals surface area contributed by atoms with Gasteiger partial charge in [-0.25, -0.2) is 0 Å². The highest BCUT2D eigenvalue weighted by Gasteiger charge is 2.48. The highest BCUT2D eigenvalue weighted by atomic mass is 32.1. The molecule has 1 rings (SSSR count). The van der Waals surface area contributed by atoms with E-state index in [1.165, 1.54) is 13.8 Å². The number of nitrogens with two attached hydrogens (primary N) is 1. The molecule has 0 aromatic carbocycles. The van der Waals surface area contributed by atoms with E-state index >= 15 is 0 Å². The van der Waals surface area contributed by atoms with Gasteiger partial charge in [-0.2, -0.15) is 8.78 Å². The number of hydrogen-bond donors (Lipinski definition) is 1. The van der Waals surface area contributed by atoms with Gasteiger partial charge < -0.3 is 5.73 Å². The molecule has 1 nitrogen and oxygen atoms in total. The van der Waals surface area contributed by atoms with Crippen molar-refractivity contribution in [2.75, 3.05) is 6.54 Å². The van der Waals surface area contributed by atoms with Crippen molar-refractivity contribution in [2.45, 2.75) is 26.7 Å². The van der Waals surface area contributed by atoms with Crippen molar-refractivity contribution in [3.63, 3.8) is 0 Å². The van der Waals surface area contributed by atoms with E-state index in [-0.39, 0.29) is 11.4 Å². The van der Waals surface area contributed by atoms with E-state index in [1.807, 2.05) is 0 Å². The van der Waals surface area contributed by atoms with Crippen LogP contribution in [0.15, 0.2) is 11.4 Å². The molecular weight excluding hydrogens is 204 g/mol. The molecule has 0 bridgehead atoms. The van der Waals surface area contributed by atoms with Crippen LogP contribution in [0.25, 0.3) is 0 Å². The number of rotatable bonds is 3. The summed E-state index contributed by atoms with van der Waals surface area (Å²) < 4.78 is 27.9. The molecule has 0 aliphatic rings. The van der Waals surface area contributed by atoms with Gasteiger partial charge in [0.05, 0.1) is 4.88 Å². The van der Waals surface area contributed by atoms with Crippen LogP contribution in [0.2, 0.25) is 0 Å². The normalized spacial score (nSPS) is 13.3. The van der Waals surface area contributed by atoms with E-state index in [9.17, 15) is 8.78 Å². The quantitative estimate of drug-likeness (QED) is 0.830. The first-order valence-electron chi connectivity index (χ1n) is 4.45. The van der Waals surface area contributed by atoms with Gasteiger partial charge in [-0.05, 0) is 23.9 Å². The molecule has 0 aliphatic carbocycles. The topological polar surface area (TPSA) is 26.0 Å². The predicted octanol–water partition coefficient (Wildman–Crippen LogP) is 3.13. The van der Waals surface area contributed by atoms with E-state index in [4.69, 9.17) is 5.73 Å². The van der Waals surface area contributed by atoms with Crippen LogP contribution in [0.4, 0.5) is 8.78 Å². The molecule has 0 atom stereocenters. The molecule has 1 heterocycles. The average molecular weight is 219 g/mol. The van der Waals surface area contributed by atoms with E-state index in [0.29, 0.717) is 5.56 Å². The van der Waals surface area contributed by atoms with Gasteiger partial charge in [-0.15, -0.1) is 11.3 Å². The molecule has 4 heteroatoms. The minimum absolute atomic E-state index is 0.0304. The van der Waals surface area contributed by atoms with Crippen molar-refractivity contribution < 1.29 is 8.78 Å². The lowest BCUT2D eigenvalue weighted by atomic mass is 9.84. The third-order valence-corrected chi connectivity index (χ3v) is 3.59. The van der Waals surface area contributed by atoms with Gasteiger partial charge in [-0.1, -0.05) is 13.8 Å². The second kappa shape index (κ2) is 3.59. The van der Waals surface area contributed by atoms with Gasteiger partial charge in [0, 0.05) is 12.0 Å². The zero-order valence-corrected chi connectivity index (χ0v) is 9.42. The van der Waals surface area contributed by atoms with Gasteiger partial charge in [0.1, 0.15) is 0 Å². The van der Waals surface area contributed by atoms with Crippen LogP contribution >= 0.6 is 11.3 Å². The summed E-state index contributed by atoms with van der Waals surface area (Å²) in [5.41, 5.74) is 4.82. The number of aryl methyl sites for hydroxylation is 1. The lowest BCUT2D eigenvalue weighted by Crippen LogP contribution is -2.40. The predicted molar refractivity (Wildman–Crippen MR) is 55.8 cm³/mol. The van der Waals surface area contributed by atoms with Gasteiger partial charge in [0.2, 0.25) is 0 Å². The average Bonchev–Trinajstić information content (AvgIpc) is 2.51. The maximum Gasteiger partial charge on any atom is 0.288 e. The molecule has 1 aromatic rings. The third kappa shape index (κ3) is 1.68. The Hall–Kier alpha value is -0.480. The largest absolute Gasteiger partial charge is 0.330 e. The highest BCUT2D eigenvalue weighted by molar-refractivity contribution is 7.10. The van der Waals surface area contributed by atoms with Crippen molar-refractivity contribution in [3.05, 3.63) is 21.9 Å². The second-order valence-corrected chi connectivity index (χ2v) is 5.01. The van der Waals surface area contributed by atoms with Crippen molar-refractivity contribution in [3.8, 4) is 0 Å². The van der Waals surface area contributed by atoms with Crippen LogP contribution in [-0.2, 0) is 5.92 Å². The molecule has 0 amide bonds. The Labute approximate surface area is 86.9 Å². The first kappa shape index (κ1) is 11.6. The van der Waals surface area contributed by atoms with Crippen LogP contribution in [0.5, 0.6) is 0 Å². The number of thiophene rings is 1. The van der Waals surface area contributed by atoms with Gasteiger partial charge in [0.15, 0.2) is 0 Å². The van der Waals surface area contributed by atoms with E-state index in [0.717, 1.165) is 11.3 Å². The Morgan fingerprint density at radius 1 is 1.43 bits per heavy atom. The minimum Gasteiger partial charge on any atom is -0.330 e. The van der Waals surface area contributed by atoms with Gasteiger partial charge >= 0.3 is 0 Å². The van der Waals surface area contributed by atoms with E-state index < -0.39 is 11.3 Å². The van der Waals surface area contributed by atoms with Crippen molar-refractivity contribution in [1.29, 1.82) is 0 Å². The fourth-order valence-electron chi connectivity index (χ4n) is 1.13. The Kier molecular flexibility index (Phi) is 2.97. The van der Waals surface area contributed by atoms with E-state index in [1.54, 1.807) is 18.4 Å². The summed E-state index contributed by atoms with van der Waals surface area (Å²) >= 11 is 1.09. The van der Waals surface area contributed by atoms with Crippen molar-refractivity contribution in [2.24, 2.45) is 11.1 Å². The summed E-state index contributed by atoms with van der Waals surface area (Å²) in [6.07, 6.45) is 0. The standard InChI is InChI=1S/C10H15F2NS/c1-7-4-5-14-8(7)10(11,12)9(2,3)6-13/h4-5H,6,13H2,1-3H3. The molecule has 1 aromatic heterocycles. The summed E-state index contributed by atoms with van der Waals surface area (Å²) in [5.74, 6) is -2.85. The van der Waals surface area contributed by atoms with Crippen LogP contribution in [0.1, 0.15) is 24.3 Å². The highest BCUT2D eigenvalue weighted by Crippen LogP contribution is 2.47. The van der Waals surface area contributed by atoms with Gasteiger partial charge in [-0.3, -0.25) is 0 Å². The summed E-state index contributed by atoms with van der Waals surface area (Å²) in [6.45, 7) is 4.65.